The number of nitrogens with zero attached hydrogens (tertiary/aromatic N) is 1. The maximum absolute atomic E-state index is 6.04. The number of ether oxygens (including phenoxy) is 1. The summed E-state index contributed by atoms with van der Waals surface area (Å²) in [6, 6.07) is 0.561. The van der Waals surface area contributed by atoms with Gasteiger partial charge in [0.25, 0.3) is 0 Å². The number of nitrogens with one attached hydrogen (secondary N) is 1. The normalized spacial score (nSPS) is 25.9. The van der Waals surface area contributed by atoms with Crippen LogP contribution in [0.5, 0.6) is 0 Å². The van der Waals surface area contributed by atoms with Gasteiger partial charge in [-0.25, -0.2) is 0 Å². The molecule has 0 aromatic heterocycles. The van der Waals surface area contributed by atoms with Gasteiger partial charge in [0.15, 0.2) is 0 Å². The van der Waals surface area contributed by atoms with Crippen LogP contribution in [0.3, 0.4) is 0 Å². The van der Waals surface area contributed by atoms with E-state index in [1.165, 1.54) is 12.8 Å². The average Bonchev–Trinajstić information content (AvgIpc) is 2.70. The van der Waals surface area contributed by atoms with Crippen LogP contribution in [-0.4, -0.2) is 49.3 Å². The van der Waals surface area contributed by atoms with Crippen molar-refractivity contribution < 1.29 is 4.74 Å². The van der Waals surface area contributed by atoms with E-state index in [1.807, 2.05) is 0 Å². The van der Waals surface area contributed by atoms with Crippen LogP contribution >= 0.6 is 0 Å². The van der Waals surface area contributed by atoms with Crippen molar-refractivity contribution in [2.75, 3.05) is 26.2 Å². The lowest BCUT2D eigenvalue weighted by atomic mass is 10.2. The van der Waals surface area contributed by atoms with Crippen LogP contribution in [0.4, 0.5) is 0 Å². The summed E-state index contributed by atoms with van der Waals surface area (Å²) in [5, 5.41) is 3.45. The molecular weight excluding hydrogens is 200 g/mol. The van der Waals surface area contributed by atoms with E-state index in [-0.39, 0.29) is 0 Å². The summed E-state index contributed by atoms with van der Waals surface area (Å²) in [7, 11) is 0. The Morgan fingerprint density at radius 1 is 1.19 bits per heavy atom. The zero-order valence-electron chi connectivity index (χ0n) is 11.3. The van der Waals surface area contributed by atoms with Crippen molar-refractivity contribution >= 4 is 0 Å². The third kappa shape index (κ3) is 4.81. The Hall–Kier alpha value is -0.120. The van der Waals surface area contributed by atoms with Gasteiger partial charge < -0.3 is 15.0 Å². The lowest BCUT2D eigenvalue weighted by Crippen LogP contribution is -2.35. The summed E-state index contributed by atoms with van der Waals surface area (Å²) in [5.74, 6) is 0. The van der Waals surface area contributed by atoms with Gasteiger partial charge >= 0.3 is 0 Å². The molecule has 0 aromatic carbocycles. The Balaban J connectivity index is 2.19. The van der Waals surface area contributed by atoms with Crippen molar-refractivity contribution in [2.45, 2.75) is 58.8 Å². The zero-order chi connectivity index (χ0) is 12.0. The lowest BCUT2D eigenvalue weighted by Gasteiger charge is -2.23. The van der Waals surface area contributed by atoms with E-state index < -0.39 is 0 Å². The molecule has 2 atom stereocenters. The van der Waals surface area contributed by atoms with E-state index in [1.54, 1.807) is 0 Å². The average molecular weight is 228 g/mol. The maximum atomic E-state index is 6.04. The smallest absolute Gasteiger partial charge is 0.0707 e. The first kappa shape index (κ1) is 13.9. The molecule has 0 aromatic rings. The summed E-state index contributed by atoms with van der Waals surface area (Å²) >= 11 is 0. The van der Waals surface area contributed by atoms with E-state index in [0.717, 1.165) is 26.2 Å². The second-order valence-electron chi connectivity index (χ2n) is 5.01. The monoisotopic (exact) mass is 228 g/mol. The fourth-order valence-corrected chi connectivity index (χ4v) is 2.20. The van der Waals surface area contributed by atoms with E-state index in [0.29, 0.717) is 18.2 Å². The molecule has 3 nitrogen and oxygen atoms in total. The molecular formula is C13H28N2O. The molecule has 3 heteroatoms. The van der Waals surface area contributed by atoms with Crippen molar-refractivity contribution in [2.24, 2.45) is 0 Å². The second kappa shape index (κ2) is 7.25. The molecule has 1 aliphatic heterocycles. The van der Waals surface area contributed by atoms with Gasteiger partial charge in [0.2, 0.25) is 0 Å². The van der Waals surface area contributed by atoms with E-state index in [4.69, 9.17) is 4.74 Å². The minimum absolute atomic E-state index is 0.433. The lowest BCUT2D eigenvalue weighted by molar-refractivity contribution is 0.0244. The highest BCUT2D eigenvalue weighted by Crippen LogP contribution is 2.20. The maximum Gasteiger partial charge on any atom is 0.0707 e. The van der Waals surface area contributed by atoms with Crippen LogP contribution < -0.4 is 5.32 Å². The molecule has 96 valence electrons. The van der Waals surface area contributed by atoms with Crippen molar-refractivity contribution in [3.63, 3.8) is 0 Å². The molecule has 1 saturated heterocycles. The summed E-state index contributed by atoms with van der Waals surface area (Å²) < 4.78 is 6.04. The molecule has 0 amide bonds. The summed E-state index contributed by atoms with van der Waals surface area (Å²) in [5.41, 5.74) is 0. The SMILES string of the molecule is CCN(CC)CC1CCC(CNC(C)C)O1. The Morgan fingerprint density at radius 2 is 1.81 bits per heavy atom. The number of likely N-dealkylation sites (N-methyl/N-ethyl adjacent to an activating group) is 1. The largest absolute Gasteiger partial charge is 0.372 e. The molecule has 1 rings (SSSR count). The van der Waals surface area contributed by atoms with Gasteiger partial charge in [-0.15, -0.1) is 0 Å². The van der Waals surface area contributed by atoms with Gasteiger partial charge in [0, 0.05) is 19.1 Å². The highest BCUT2D eigenvalue weighted by atomic mass is 16.5. The Bertz CT molecular complexity index is 181. The van der Waals surface area contributed by atoms with Gasteiger partial charge in [-0.1, -0.05) is 27.7 Å². The third-order valence-electron chi connectivity index (χ3n) is 3.31. The van der Waals surface area contributed by atoms with Crippen LogP contribution in [0.1, 0.15) is 40.5 Å². The Morgan fingerprint density at radius 3 is 2.38 bits per heavy atom. The topological polar surface area (TPSA) is 24.5 Å². The third-order valence-corrected chi connectivity index (χ3v) is 3.31. The molecule has 16 heavy (non-hydrogen) atoms. The van der Waals surface area contributed by atoms with Crippen molar-refractivity contribution in [3.05, 3.63) is 0 Å². The van der Waals surface area contributed by atoms with Crippen molar-refractivity contribution in [1.29, 1.82) is 0 Å². The van der Waals surface area contributed by atoms with Crippen LogP contribution in [0.25, 0.3) is 0 Å². The fourth-order valence-electron chi connectivity index (χ4n) is 2.20. The minimum atomic E-state index is 0.433. The molecule has 2 unspecified atom stereocenters. The number of hydrogen-bond acceptors (Lipinski definition) is 3. The van der Waals surface area contributed by atoms with Gasteiger partial charge in [0.1, 0.15) is 0 Å². The van der Waals surface area contributed by atoms with E-state index >= 15 is 0 Å². The molecule has 0 bridgehead atoms. The minimum Gasteiger partial charge on any atom is -0.372 e. The molecule has 0 spiro atoms. The standard InChI is InChI=1S/C13H28N2O/c1-5-15(6-2)10-13-8-7-12(16-13)9-14-11(3)4/h11-14H,5-10H2,1-4H3. The first-order valence-corrected chi connectivity index (χ1v) is 6.76. The highest BCUT2D eigenvalue weighted by molar-refractivity contribution is 4.78. The van der Waals surface area contributed by atoms with Gasteiger partial charge in [-0.05, 0) is 25.9 Å². The van der Waals surface area contributed by atoms with Crippen LogP contribution in [0.2, 0.25) is 0 Å². The van der Waals surface area contributed by atoms with Gasteiger partial charge in [-0.3, -0.25) is 0 Å². The fraction of sp³-hybridized carbons (Fsp3) is 1.00. The van der Waals surface area contributed by atoms with Crippen LogP contribution in [-0.2, 0) is 4.74 Å². The van der Waals surface area contributed by atoms with Crippen LogP contribution in [0, 0.1) is 0 Å². The Labute approximate surface area is 101 Å². The molecule has 0 radical (unpaired) electrons. The Kier molecular flexibility index (Phi) is 6.32. The summed E-state index contributed by atoms with van der Waals surface area (Å²) in [6.07, 6.45) is 3.33. The zero-order valence-corrected chi connectivity index (χ0v) is 11.3. The van der Waals surface area contributed by atoms with Crippen molar-refractivity contribution in [1.82, 2.24) is 10.2 Å². The molecule has 1 N–H and O–H groups in total. The predicted octanol–water partition coefficient (Wildman–Crippen LogP) is 1.87. The molecule has 1 fully saturated rings. The number of rotatable bonds is 7. The summed E-state index contributed by atoms with van der Waals surface area (Å²) in [4.78, 5) is 2.45. The molecule has 0 aliphatic carbocycles. The van der Waals surface area contributed by atoms with E-state index in [2.05, 4.69) is 37.9 Å². The second-order valence-corrected chi connectivity index (χ2v) is 5.01. The van der Waals surface area contributed by atoms with Gasteiger partial charge in [-0.2, -0.15) is 0 Å². The molecule has 1 aliphatic rings. The predicted molar refractivity (Wildman–Crippen MR) is 68.8 cm³/mol. The van der Waals surface area contributed by atoms with Crippen LogP contribution in [0.15, 0.2) is 0 Å². The highest BCUT2D eigenvalue weighted by Gasteiger charge is 2.25. The molecule has 0 saturated carbocycles. The number of hydrogen-bond donors (Lipinski definition) is 1. The first-order valence-electron chi connectivity index (χ1n) is 6.76. The quantitative estimate of drug-likeness (QED) is 0.720. The summed E-state index contributed by atoms with van der Waals surface area (Å²) in [6.45, 7) is 13.2. The molecule has 1 heterocycles. The van der Waals surface area contributed by atoms with Crippen molar-refractivity contribution in [3.8, 4) is 0 Å². The van der Waals surface area contributed by atoms with E-state index in [9.17, 15) is 0 Å². The first-order chi connectivity index (χ1) is 7.65. The van der Waals surface area contributed by atoms with Gasteiger partial charge in [0.05, 0.1) is 12.2 Å².